The van der Waals surface area contributed by atoms with Crippen LogP contribution in [-0.2, 0) is 14.8 Å². The molecular weight excluding hydrogens is 262 g/mol. The lowest BCUT2D eigenvalue weighted by Crippen LogP contribution is -2.32. The molecule has 1 heterocycles. The summed E-state index contributed by atoms with van der Waals surface area (Å²) in [6, 6.07) is 2.73. The first-order valence-electron chi connectivity index (χ1n) is 4.96. The number of aliphatic carboxylic acids is 1. The van der Waals surface area contributed by atoms with Crippen molar-refractivity contribution in [3.63, 3.8) is 0 Å². The van der Waals surface area contributed by atoms with Gasteiger partial charge in [-0.25, -0.2) is 13.1 Å². The first kappa shape index (κ1) is 12.3. The number of hydrogen-bond acceptors (Lipinski definition) is 4. The molecule has 5 nitrogen and oxygen atoms in total. The minimum Gasteiger partial charge on any atom is -0.481 e. The van der Waals surface area contributed by atoms with Gasteiger partial charge in [0.2, 0.25) is 0 Å². The number of sulfonamides is 1. The highest BCUT2D eigenvalue weighted by Crippen LogP contribution is 2.21. The van der Waals surface area contributed by atoms with E-state index in [2.05, 4.69) is 4.72 Å². The molecule has 17 heavy (non-hydrogen) atoms. The van der Waals surface area contributed by atoms with E-state index in [9.17, 15) is 13.2 Å². The number of nitrogens with one attached hydrogen (secondary N) is 1. The van der Waals surface area contributed by atoms with Crippen LogP contribution in [0.2, 0.25) is 0 Å². The van der Waals surface area contributed by atoms with Crippen molar-refractivity contribution in [2.24, 2.45) is 5.92 Å². The second-order valence-corrected chi connectivity index (χ2v) is 6.61. The van der Waals surface area contributed by atoms with Gasteiger partial charge >= 0.3 is 5.97 Å². The molecule has 1 aromatic heterocycles. The average Bonchev–Trinajstić information content (AvgIpc) is 2.85. The van der Waals surface area contributed by atoms with Crippen molar-refractivity contribution < 1.29 is 18.3 Å². The first-order valence-corrected chi connectivity index (χ1v) is 7.32. The van der Waals surface area contributed by atoms with Crippen LogP contribution in [0.4, 0.5) is 0 Å². The molecule has 7 heteroatoms. The molecule has 2 atom stereocenters. The molecule has 92 valence electrons. The summed E-state index contributed by atoms with van der Waals surface area (Å²) in [6.45, 7) is 0. The number of carboxylic acid groups (broad SMARTS) is 1. The molecule has 0 saturated carbocycles. The van der Waals surface area contributed by atoms with Crippen LogP contribution in [0.15, 0.2) is 33.9 Å². The lowest BCUT2D eigenvalue weighted by atomic mass is 10.1. The summed E-state index contributed by atoms with van der Waals surface area (Å²) in [6.07, 6.45) is 3.37. The van der Waals surface area contributed by atoms with Crippen molar-refractivity contribution in [2.75, 3.05) is 0 Å². The third-order valence-electron chi connectivity index (χ3n) is 2.47. The van der Waals surface area contributed by atoms with Gasteiger partial charge in [-0.3, -0.25) is 4.79 Å². The highest BCUT2D eigenvalue weighted by atomic mass is 32.2. The summed E-state index contributed by atoms with van der Waals surface area (Å²) in [5.41, 5.74) is 0. The number of rotatable bonds is 4. The van der Waals surface area contributed by atoms with Crippen LogP contribution in [0.1, 0.15) is 6.42 Å². The minimum atomic E-state index is -3.53. The summed E-state index contributed by atoms with van der Waals surface area (Å²) in [5, 5.41) is 10.5. The summed E-state index contributed by atoms with van der Waals surface area (Å²) < 4.78 is 26.4. The summed E-state index contributed by atoms with van der Waals surface area (Å²) in [4.78, 5) is 10.7. The summed E-state index contributed by atoms with van der Waals surface area (Å²) in [5.74, 6) is -1.54. The quantitative estimate of drug-likeness (QED) is 0.803. The van der Waals surface area contributed by atoms with Crippen LogP contribution in [0.5, 0.6) is 0 Å². The average molecular weight is 273 g/mol. The molecule has 0 saturated heterocycles. The zero-order chi connectivity index (χ0) is 12.5. The van der Waals surface area contributed by atoms with E-state index in [4.69, 9.17) is 5.11 Å². The molecular formula is C10H11NO4S2. The van der Waals surface area contributed by atoms with Crippen molar-refractivity contribution in [1.29, 1.82) is 0 Å². The van der Waals surface area contributed by atoms with Gasteiger partial charge in [-0.2, -0.15) is 0 Å². The second kappa shape index (κ2) is 4.59. The zero-order valence-electron chi connectivity index (χ0n) is 8.74. The number of thiophene rings is 1. The van der Waals surface area contributed by atoms with E-state index in [0.29, 0.717) is 0 Å². The number of hydrogen-bond donors (Lipinski definition) is 2. The standard InChI is InChI=1S/C10H11NO4S2/c12-10(13)7-3-4-8(6-7)11-17(14,15)9-2-1-5-16-9/h1-5,7-8,11H,6H2,(H,12,13). The van der Waals surface area contributed by atoms with Gasteiger partial charge in [0.05, 0.1) is 5.92 Å². The monoisotopic (exact) mass is 273 g/mol. The second-order valence-electron chi connectivity index (χ2n) is 3.73. The third kappa shape index (κ3) is 2.74. The van der Waals surface area contributed by atoms with Crippen molar-refractivity contribution in [3.05, 3.63) is 29.7 Å². The molecule has 0 aliphatic heterocycles. The van der Waals surface area contributed by atoms with Gasteiger partial charge in [-0.15, -0.1) is 11.3 Å². The first-order chi connectivity index (χ1) is 7.99. The highest BCUT2D eigenvalue weighted by Gasteiger charge is 2.28. The molecule has 0 fully saturated rings. The fraction of sp³-hybridized carbons (Fsp3) is 0.300. The van der Waals surface area contributed by atoms with Gasteiger partial charge in [0.1, 0.15) is 4.21 Å². The largest absolute Gasteiger partial charge is 0.481 e. The predicted molar refractivity (Wildman–Crippen MR) is 63.3 cm³/mol. The van der Waals surface area contributed by atoms with Crippen LogP contribution in [-0.4, -0.2) is 25.5 Å². The topological polar surface area (TPSA) is 83.5 Å². The van der Waals surface area contributed by atoms with E-state index in [-0.39, 0.29) is 10.6 Å². The maximum atomic E-state index is 11.8. The molecule has 2 rings (SSSR count). The number of carbonyl (C=O) groups is 1. The highest BCUT2D eigenvalue weighted by molar-refractivity contribution is 7.91. The molecule has 0 radical (unpaired) electrons. The Kier molecular flexibility index (Phi) is 3.32. The number of carboxylic acids is 1. The molecule has 0 aromatic carbocycles. The van der Waals surface area contributed by atoms with Crippen molar-refractivity contribution in [1.82, 2.24) is 4.72 Å². The Morgan fingerprint density at radius 1 is 1.47 bits per heavy atom. The van der Waals surface area contributed by atoms with E-state index in [1.807, 2.05) is 0 Å². The summed E-state index contributed by atoms with van der Waals surface area (Å²) >= 11 is 1.13. The normalized spacial score (nSPS) is 24.0. The smallest absolute Gasteiger partial charge is 0.310 e. The fourth-order valence-electron chi connectivity index (χ4n) is 1.64. The Morgan fingerprint density at radius 2 is 2.24 bits per heavy atom. The molecule has 0 bridgehead atoms. The lowest BCUT2D eigenvalue weighted by molar-refractivity contribution is -0.140. The molecule has 2 N–H and O–H groups in total. The van der Waals surface area contributed by atoms with Gasteiger partial charge < -0.3 is 5.11 Å². The Labute approximate surface area is 103 Å². The van der Waals surface area contributed by atoms with Crippen LogP contribution in [0, 0.1) is 5.92 Å². The van der Waals surface area contributed by atoms with Crippen molar-refractivity contribution in [2.45, 2.75) is 16.7 Å². The molecule has 1 aliphatic carbocycles. The fourth-order valence-corrected chi connectivity index (χ4v) is 3.86. The van der Waals surface area contributed by atoms with Crippen LogP contribution in [0.3, 0.4) is 0 Å². The van der Waals surface area contributed by atoms with E-state index in [1.54, 1.807) is 17.5 Å². The Balaban J connectivity index is 2.05. The Hall–Kier alpha value is -1.18. The minimum absolute atomic E-state index is 0.240. The van der Waals surface area contributed by atoms with E-state index in [1.165, 1.54) is 12.1 Å². The van der Waals surface area contributed by atoms with E-state index in [0.717, 1.165) is 11.3 Å². The molecule has 1 aliphatic rings. The van der Waals surface area contributed by atoms with Crippen LogP contribution in [0.25, 0.3) is 0 Å². The zero-order valence-corrected chi connectivity index (χ0v) is 10.4. The maximum absolute atomic E-state index is 11.8. The van der Waals surface area contributed by atoms with Gasteiger partial charge in [-0.1, -0.05) is 18.2 Å². The third-order valence-corrected chi connectivity index (χ3v) is 5.35. The maximum Gasteiger partial charge on any atom is 0.310 e. The van der Waals surface area contributed by atoms with Gasteiger partial charge in [-0.05, 0) is 17.9 Å². The molecule has 2 unspecified atom stereocenters. The lowest BCUT2D eigenvalue weighted by Gasteiger charge is -2.11. The van der Waals surface area contributed by atoms with Gasteiger partial charge in [0, 0.05) is 6.04 Å². The summed E-state index contributed by atoms with van der Waals surface area (Å²) in [7, 11) is -3.53. The Bertz CT molecular complexity index is 533. The van der Waals surface area contributed by atoms with Crippen molar-refractivity contribution in [3.8, 4) is 0 Å². The van der Waals surface area contributed by atoms with Gasteiger partial charge in [0.15, 0.2) is 0 Å². The van der Waals surface area contributed by atoms with Crippen molar-refractivity contribution >= 4 is 27.3 Å². The van der Waals surface area contributed by atoms with Crippen LogP contribution < -0.4 is 4.72 Å². The van der Waals surface area contributed by atoms with Gasteiger partial charge in [0.25, 0.3) is 10.0 Å². The SMILES string of the molecule is O=C(O)C1C=CC(NS(=O)(=O)c2cccs2)C1. The van der Waals surface area contributed by atoms with Crippen LogP contribution >= 0.6 is 11.3 Å². The molecule has 0 amide bonds. The molecule has 1 aromatic rings. The van der Waals surface area contributed by atoms with E-state index >= 15 is 0 Å². The van der Waals surface area contributed by atoms with E-state index < -0.39 is 28.0 Å². The Morgan fingerprint density at radius 3 is 2.76 bits per heavy atom. The molecule has 0 spiro atoms. The predicted octanol–water partition coefficient (Wildman–Crippen LogP) is 1.06.